The van der Waals surface area contributed by atoms with E-state index in [9.17, 15) is 22.9 Å². The van der Waals surface area contributed by atoms with Gasteiger partial charge in [0.05, 0.1) is 11.0 Å². The number of rotatable bonds is 6. The molecule has 0 saturated heterocycles. The van der Waals surface area contributed by atoms with Crippen molar-refractivity contribution in [2.75, 3.05) is 13.7 Å². The van der Waals surface area contributed by atoms with Crippen molar-refractivity contribution in [2.24, 2.45) is 0 Å². The van der Waals surface area contributed by atoms with Crippen molar-refractivity contribution in [2.45, 2.75) is 17.9 Å². The third kappa shape index (κ3) is 3.94. The second-order valence-electron chi connectivity index (χ2n) is 3.77. The molecule has 0 aliphatic rings. The number of non-ortho nitro benzene ring substituents is 1. The summed E-state index contributed by atoms with van der Waals surface area (Å²) in [6.45, 7) is 1.55. The van der Waals surface area contributed by atoms with Gasteiger partial charge in [0, 0.05) is 25.8 Å². The van der Waals surface area contributed by atoms with E-state index in [1.54, 1.807) is 6.92 Å². The second-order valence-corrected chi connectivity index (χ2v) is 5.51. The number of nitrogens with zero attached hydrogens (tertiary/aromatic N) is 1. The SMILES string of the molecule is COC(C)CNS(=O)(=O)c1cc([N+](=O)[O-])ccc1F. The summed E-state index contributed by atoms with van der Waals surface area (Å²) >= 11 is 0. The van der Waals surface area contributed by atoms with Crippen LogP contribution in [-0.2, 0) is 14.8 Å². The zero-order valence-corrected chi connectivity index (χ0v) is 11.1. The van der Waals surface area contributed by atoms with Gasteiger partial charge in [-0.1, -0.05) is 0 Å². The van der Waals surface area contributed by atoms with E-state index in [4.69, 9.17) is 4.74 Å². The lowest BCUT2D eigenvalue weighted by Gasteiger charge is -2.11. The van der Waals surface area contributed by atoms with E-state index in [0.717, 1.165) is 12.1 Å². The molecule has 0 fully saturated rings. The van der Waals surface area contributed by atoms with Crippen LogP contribution in [0.5, 0.6) is 0 Å². The van der Waals surface area contributed by atoms with Crippen LogP contribution >= 0.6 is 0 Å². The van der Waals surface area contributed by atoms with Gasteiger partial charge in [-0.3, -0.25) is 10.1 Å². The van der Waals surface area contributed by atoms with E-state index in [1.165, 1.54) is 7.11 Å². The molecule has 1 aromatic rings. The van der Waals surface area contributed by atoms with Crippen LogP contribution in [0.25, 0.3) is 0 Å². The Bertz CT molecular complexity index is 575. The maximum Gasteiger partial charge on any atom is 0.270 e. The molecule has 0 aliphatic carbocycles. The van der Waals surface area contributed by atoms with Crippen molar-refractivity contribution in [3.63, 3.8) is 0 Å². The minimum absolute atomic E-state index is 0.0685. The van der Waals surface area contributed by atoms with Crippen molar-refractivity contribution in [1.29, 1.82) is 0 Å². The molecule has 1 rings (SSSR count). The van der Waals surface area contributed by atoms with Crippen LogP contribution in [-0.4, -0.2) is 33.1 Å². The minimum Gasteiger partial charge on any atom is -0.380 e. The van der Waals surface area contributed by atoms with Gasteiger partial charge in [0.1, 0.15) is 10.7 Å². The van der Waals surface area contributed by atoms with Gasteiger partial charge < -0.3 is 4.74 Å². The van der Waals surface area contributed by atoms with Crippen molar-refractivity contribution in [3.05, 3.63) is 34.1 Å². The number of nitrogens with one attached hydrogen (secondary N) is 1. The molecule has 19 heavy (non-hydrogen) atoms. The third-order valence-corrected chi connectivity index (χ3v) is 3.82. The smallest absolute Gasteiger partial charge is 0.270 e. The van der Waals surface area contributed by atoms with Gasteiger partial charge in [-0.05, 0) is 13.0 Å². The third-order valence-electron chi connectivity index (χ3n) is 2.38. The lowest BCUT2D eigenvalue weighted by atomic mass is 10.3. The summed E-state index contributed by atoms with van der Waals surface area (Å²) < 4.78 is 44.1. The quantitative estimate of drug-likeness (QED) is 0.624. The van der Waals surface area contributed by atoms with Gasteiger partial charge in [-0.2, -0.15) is 0 Å². The fourth-order valence-electron chi connectivity index (χ4n) is 1.20. The molecule has 106 valence electrons. The topological polar surface area (TPSA) is 98.5 Å². The average Bonchev–Trinajstić information content (AvgIpc) is 2.36. The Morgan fingerprint density at radius 1 is 1.53 bits per heavy atom. The zero-order valence-electron chi connectivity index (χ0n) is 10.3. The Hall–Kier alpha value is -1.58. The Morgan fingerprint density at radius 3 is 2.68 bits per heavy atom. The van der Waals surface area contributed by atoms with E-state index in [2.05, 4.69) is 4.72 Å². The molecule has 0 saturated carbocycles. The Kier molecular flexibility index (Phi) is 4.92. The van der Waals surface area contributed by atoms with Crippen molar-refractivity contribution < 1.29 is 22.5 Å². The van der Waals surface area contributed by atoms with Crippen LogP contribution in [0.1, 0.15) is 6.92 Å². The first kappa shape index (κ1) is 15.5. The molecule has 1 unspecified atom stereocenters. The highest BCUT2D eigenvalue weighted by Gasteiger charge is 2.22. The van der Waals surface area contributed by atoms with E-state index >= 15 is 0 Å². The predicted molar refractivity (Wildman–Crippen MR) is 64.7 cm³/mol. The molecule has 9 heteroatoms. The van der Waals surface area contributed by atoms with Crippen molar-refractivity contribution >= 4 is 15.7 Å². The predicted octanol–water partition coefficient (Wildman–Crippen LogP) is 1.05. The number of methoxy groups -OCH3 is 1. The fraction of sp³-hybridized carbons (Fsp3) is 0.400. The molecular formula is C10H13FN2O5S. The molecule has 0 heterocycles. The zero-order chi connectivity index (χ0) is 14.6. The first-order chi connectivity index (χ1) is 8.77. The van der Waals surface area contributed by atoms with E-state index in [0.29, 0.717) is 6.07 Å². The minimum atomic E-state index is -4.16. The fourth-order valence-corrected chi connectivity index (χ4v) is 2.41. The molecule has 0 bridgehead atoms. The number of hydrogen-bond acceptors (Lipinski definition) is 5. The van der Waals surface area contributed by atoms with Gasteiger partial charge in [0.2, 0.25) is 10.0 Å². The van der Waals surface area contributed by atoms with Gasteiger partial charge in [0.15, 0.2) is 0 Å². The van der Waals surface area contributed by atoms with E-state index in [1.807, 2.05) is 0 Å². The summed E-state index contributed by atoms with van der Waals surface area (Å²) in [6.07, 6.45) is -0.406. The molecular weight excluding hydrogens is 279 g/mol. The molecule has 0 amide bonds. The Labute approximate surface area is 109 Å². The molecule has 0 spiro atoms. The van der Waals surface area contributed by atoms with Crippen LogP contribution in [0.4, 0.5) is 10.1 Å². The van der Waals surface area contributed by atoms with Crippen molar-refractivity contribution in [1.82, 2.24) is 4.72 Å². The first-order valence-electron chi connectivity index (χ1n) is 5.24. The molecule has 0 aromatic heterocycles. The molecule has 0 radical (unpaired) electrons. The number of sulfonamides is 1. The average molecular weight is 292 g/mol. The summed E-state index contributed by atoms with van der Waals surface area (Å²) in [5.41, 5.74) is -0.499. The monoisotopic (exact) mass is 292 g/mol. The summed E-state index contributed by atoms with van der Waals surface area (Å²) in [6, 6.07) is 2.31. The summed E-state index contributed by atoms with van der Waals surface area (Å²) in [7, 11) is -2.77. The number of benzene rings is 1. The molecule has 7 nitrogen and oxygen atoms in total. The van der Waals surface area contributed by atoms with Crippen LogP contribution in [0.15, 0.2) is 23.1 Å². The second kappa shape index (κ2) is 6.04. The maximum absolute atomic E-state index is 13.5. The summed E-state index contributed by atoms with van der Waals surface area (Å²) in [4.78, 5) is 9.00. The lowest BCUT2D eigenvalue weighted by Crippen LogP contribution is -2.32. The Balaban J connectivity index is 3.06. The van der Waals surface area contributed by atoms with Crippen LogP contribution in [0, 0.1) is 15.9 Å². The van der Waals surface area contributed by atoms with Gasteiger partial charge in [-0.15, -0.1) is 0 Å². The van der Waals surface area contributed by atoms with Crippen LogP contribution in [0.3, 0.4) is 0 Å². The number of halogens is 1. The number of hydrogen-bond donors (Lipinski definition) is 1. The first-order valence-corrected chi connectivity index (χ1v) is 6.72. The van der Waals surface area contributed by atoms with E-state index < -0.39 is 37.5 Å². The Morgan fingerprint density at radius 2 is 2.16 bits per heavy atom. The summed E-state index contributed by atoms with van der Waals surface area (Å²) in [5.74, 6) is -1.05. The van der Waals surface area contributed by atoms with Gasteiger partial charge in [0.25, 0.3) is 5.69 Å². The van der Waals surface area contributed by atoms with Crippen molar-refractivity contribution in [3.8, 4) is 0 Å². The van der Waals surface area contributed by atoms with Gasteiger partial charge >= 0.3 is 0 Å². The van der Waals surface area contributed by atoms with Gasteiger partial charge in [-0.25, -0.2) is 17.5 Å². The number of nitro benzene ring substituents is 1. The molecule has 1 atom stereocenters. The van der Waals surface area contributed by atoms with E-state index in [-0.39, 0.29) is 6.54 Å². The molecule has 1 aromatic carbocycles. The van der Waals surface area contributed by atoms with Crippen LogP contribution < -0.4 is 4.72 Å². The lowest BCUT2D eigenvalue weighted by molar-refractivity contribution is -0.385. The standard InChI is InChI=1S/C10H13FN2O5S/c1-7(18-2)6-12-19(16,17)10-5-8(13(14)15)3-4-9(10)11/h3-5,7,12H,6H2,1-2H3. The highest BCUT2D eigenvalue weighted by atomic mass is 32.2. The normalized spacial score (nSPS) is 13.2. The summed E-state index contributed by atoms with van der Waals surface area (Å²) in [5, 5.41) is 10.6. The highest BCUT2D eigenvalue weighted by Crippen LogP contribution is 2.20. The highest BCUT2D eigenvalue weighted by molar-refractivity contribution is 7.89. The molecule has 1 N–H and O–H groups in total. The van der Waals surface area contributed by atoms with Crippen LogP contribution in [0.2, 0.25) is 0 Å². The molecule has 0 aliphatic heterocycles. The maximum atomic E-state index is 13.5. The number of ether oxygens (including phenoxy) is 1. The largest absolute Gasteiger partial charge is 0.380 e. The number of nitro groups is 1.